The molecule has 0 atom stereocenters. The van der Waals surface area contributed by atoms with E-state index in [1.807, 2.05) is 0 Å². The number of nitrogens with one attached hydrogen (secondary N) is 1. The van der Waals surface area contributed by atoms with Crippen LogP contribution in [0.1, 0.15) is 29.6 Å². The summed E-state index contributed by atoms with van der Waals surface area (Å²) in [6.07, 6.45) is 2.23. The summed E-state index contributed by atoms with van der Waals surface area (Å²) in [5.74, 6) is -2.89. The van der Waals surface area contributed by atoms with Crippen molar-refractivity contribution < 1.29 is 18.7 Å². The zero-order valence-electron chi connectivity index (χ0n) is 9.17. The monoisotopic (exact) mass is 241 g/mol. The highest BCUT2D eigenvalue weighted by atomic mass is 19.2. The van der Waals surface area contributed by atoms with Gasteiger partial charge in [-0.1, -0.05) is 6.07 Å². The second kappa shape index (κ2) is 4.41. The van der Waals surface area contributed by atoms with Crippen molar-refractivity contribution in [3.05, 3.63) is 35.4 Å². The van der Waals surface area contributed by atoms with E-state index in [2.05, 4.69) is 5.32 Å². The largest absolute Gasteiger partial charge is 0.394 e. The van der Waals surface area contributed by atoms with Crippen molar-refractivity contribution in [1.29, 1.82) is 0 Å². The molecule has 1 aliphatic carbocycles. The molecule has 1 aromatic rings. The van der Waals surface area contributed by atoms with E-state index in [1.54, 1.807) is 0 Å². The lowest BCUT2D eigenvalue weighted by molar-refractivity contribution is 0.0637. The maximum atomic E-state index is 13.4. The Labute approximate surface area is 97.5 Å². The lowest BCUT2D eigenvalue weighted by Gasteiger charge is -2.40. The van der Waals surface area contributed by atoms with E-state index in [4.69, 9.17) is 0 Å². The van der Waals surface area contributed by atoms with Gasteiger partial charge < -0.3 is 10.4 Å². The molecule has 2 rings (SSSR count). The number of halogens is 2. The van der Waals surface area contributed by atoms with Gasteiger partial charge in [0.05, 0.1) is 17.7 Å². The molecule has 1 amide bonds. The van der Waals surface area contributed by atoms with Crippen LogP contribution in [0.2, 0.25) is 0 Å². The third-order valence-electron chi connectivity index (χ3n) is 3.19. The summed E-state index contributed by atoms with van der Waals surface area (Å²) in [6.45, 7) is -0.185. The van der Waals surface area contributed by atoms with E-state index in [-0.39, 0.29) is 12.2 Å². The SMILES string of the molecule is O=C(NC1(CO)CCC1)c1cccc(F)c1F. The second-order valence-corrected chi connectivity index (χ2v) is 4.35. The molecule has 0 bridgehead atoms. The quantitative estimate of drug-likeness (QED) is 0.844. The highest BCUT2D eigenvalue weighted by Crippen LogP contribution is 2.31. The van der Waals surface area contributed by atoms with Crippen LogP contribution in [0, 0.1) is 11.6 Å². The number of amides is 1. The first-order chi connectivity index (χ1) is 8.08. The fourth-order valence-electron chi connectivity index (χ4n) is 1.91. The van der Waals surface area contributed by atoms with E-state index in [1.165, 1.54) is 12.1 Å². The minimum absolute atomic E-state index is 0.185. The number of rotatable bonds is 3. The average Bonchev–Trinajstić information content (AvgIpc) is 2.27. The molecule has 0 unspecified atom stereocenters. The molecule has 5 heteroatoms. The normalized spacial score (nSPS) is 17.4. The maximum absolute atomic E-state index is 13.4. The van der Waals surface area contributed by atoms with Crippen LogP contribution >= 0.6 is 0 Å². The Morgan fingerprint density at radius 1 is 1.41 bits per heavy atom. The van der Waals surface area contributed by atoms with Crippen molar-refractivity contribution in [2.24, 2.45) is 0 Å². The summed E-state index contributed by atoms with van der Waals surface area (Å²) < 4.78 is 26.3. The number of aliphatic hydroxyl groups is 1. The molecule has 0 heterocycles. The predicted octanol–water partition coefficient (Wildman–Crippen LogP) is 1.61. The van der Waals surface area contributed by atoms with Gasteiger partial charge in [-0.15, -0.1) is 0 Å². The third kappa shape index (κ3) is 2.15. The first kappa shape index (κ1) is 12.0. The molecule has 17 heavy (non-hydrogen) atoms. The lowest BCUT2D eigenvalue weighted by atomic mass is 9.77. The number of benzene rings is 1. The Morgan fingerprint density at radius 2 is 2.12 bits per heavy atom. The van der Waals surface area contributed by atoms with E-state index in [0.29, 0.717) is 12.8 Å². The standard InChI is InChI=1S/C12H13F2NO2/c13-9-4-1-3-8(10(9)14)11(17)15-12(7-16)5-2-6-12/h1,3-4,16H,2,5-7H2,(H,15,17). The maximum Gasteiger partial charge on any atom is 0.254 e. The van der Waals surface area contributed by atoms with Crippen LogP contribution in [0.25, 0.3) is 0 Å². The Balaban J connectivity index is 2.17. The summed E-state index contributed by atoms with van der Waals surface area (Å²) in [5, 5.41) is 11.7. The molecule has 0 aliphatic heterocycles. The highest BCUT2D eigenvalue weighted by molar-refractivity contribution is 5.95. The summed E-state index contributed by atoms with van der Waals surface area (Å²) in [5.41, 5.74) is -0.986. The first-order valence-electron chi connectivity index (χ1n) is 5.45. The summed E-state index contributed by atoms with van der Waals surface area (Å²) in [6, 6.07) is 3.45. The van der Waals surface area contributed by atoms with E-state index in [9.17, 15) is 18.7 Å². The van der Waals surface area contributed by atoms with Gasteiger partial charge >= 0.3 is 0 Å². The molecule has 0 aromatic heterocycles. The third-order valence-corrected chi connectivity index (χ3v) is 3.19. The number of hydrogen-bond donors (Lipinski definition) is 2. The molecule has 1 fully saturated rings. The lowest BCUT2D eigenvalue weighted by Crippen LogP contribution is -2.56. The number of aliphatic hydroxyl groups excluding tert-OH is 1. The van der Waals surface area contributed by atoms with Crippen molar-refractivity contribution in [2.45, 2.75) is 24.8 Å². The Morgan fingerprint density at radius 3 is 2.65 bits per heavy atom. The van der Waals surface area contributed by atoms with Crippen LogP contribution in [0.4, 0.5) is 8.78 Å². The molecule has 1 aromatic carbocycles. The highest BCUT2D eigenvalue weighted by Gasteiger charge is 2.38. The summed E-state index contributed by atoms with van der Waals surface area (Å²) in [4.78, 5) is 11.8. The molecule has 0 radical (unpaired) electrons. The van der Waals surface area contributed by atoms with Crippen molar-refractivity contribution in [1.82, 2.24) is 5.32 Å². The Kier molecular flexibility index (Phi) is 3.11. The Hall–Kier alpha value is -1.49. The van der Waals surface area contributed by atoms with Gasteiger partial charge in [0.1, 0.15) is 0 Å². The number of carbonyl (C=O) groups excluding carboxylic acids is 1. The molecule has 3 nitrogen and oxygen atoms in total. The van der Waals surface area contributed by atoms with Gasteiger partial charge in [0, 0.05) is 0 Å². The molecule has 1 saturated carbocycles. The zero-order chi connectivity index (χ0) is 12.5. The van der Waals surface area contributed by atoms with Crippen molar-refractivity contribution in [3.8, 4) is 0 Å². The van der Waals surface area contributed by atoms with Crippen LogP contribution in [0.3, 0.4) is 0 Å². The van der Waals surface area contributed by atoms with Gasteiger partial charge in [-0.25, -0.2) is 8.78 Å². The van der Waals surface area contributed by atoms with Crippen LogP contribution in [-0.4, -0.2) is 23.2 Å². The summed E-state index contributed by atoms with van der Waals surface area (Å²) >= 11 is 0. The molecule has 0 spiro atoms. The van der Waals surface area contributed by atoms with Gasteiger partial charge in [0.2, 0.25) is 0 Å². The van der Waals surface area contributed by atoms with Gasteiger partial charge in [0.25, 0.3) is 5.91 Å². The molecule has 92 valence electrons. The van der Waals surface area contributed by atoms with Crippen LogP contribution in [0.5, 0.6) is 0 Å². The fraction of sp³-hybridized carbons (Fsp3) is 0.417. The smallest absolute Gasteiger partial charge is 0.254 e. The van der Waals surface area contributed by atoms with Crippen LogP contribution < -0.4 is 5.32 Å². The van der Waals surface area contributed by atoms with E-state index in [0.717, 1.165) is 12.5 Å². The first-order valence-corrected chi connectivity index (χ1v) is 5.45. The molecular weight excluding hydrogens is 228 g/mol. The number of carbonyl (C=O) groups is 1. The van der Waals surface area contributed by atoms with Crippen molar-refractivity contribution >= 4 is 5.91 Å². The predicted molar refractivity (Wildman–Crippen MR) is 57.5 cm³/mol. The second-order valence-electron chi connectivity index (χ2n) is 4.35. The van der Waals surface area contributed by atoms with Crippen molar-refractivity contribution in [3.63, 3.8) is 0 Å². The van der Waals surface area contributed by atoms with Gasteiger partial charge in [-0.05, 0) is 31.4 Å². The zero-order valence-corrected chi connectivity index (χ0v) is 9.17. The fourth-order valence-corrected chi connectivity index (χ4v) is 1.91. The molecule has 0 saturated heterocycles. The topological polar surface area (TPSA) is 49.3 Å². The number of hydrogen-bond acceptors (Lipinski definition) is 2. The van der Waals surface area contributed by atoms with Crippen LogP contribution in [-0.2, 0) is 0 Å². The minimum atomic E-state index is -1.16. The van der Waals surface area contributed by atoms with Crippen molar-refractivity contribution in [2.75, 3.05) is 6.61 Å². The van der Waals surface area contributed by atoms with Gasteiger partial charge in [0.15, 0.2) is 11.6 Å². The van der Waals surface area contributed by atoms with E-state index >= 15 is 0 Å². The molecule has 1 aliphatic rings. The van der Waals surface area contributed by atoms with Crippen LogP contribution in [0.15, 0.2) is 18.2 Å². The van der Waals surface area contributed by atoms with E-state index < -0.39 is 23.1 Å². The van der Waals surface area contributed by atoms with Gasteiger partial charge in [-0.3, -0.25) is 4.79 Å². The average molecular weight is 241 g/mol. The minimum Gasteiger partial charge on any atom is -0.394 e. The van der Waals surface area contributed by atoms with Gasteiger partial charge in [-0.2, -0.15) is 0 Å². The Bertz CT molecular complexity index is 439. The molecule has 2 N–H and O–H groups in total. The molecular formula is C12H13F2NO2. The summed E-state index contributed by atoms with van der Waals surface area (Å²) in [7, 11) is 0.